The van der Waals surface area contributed by atoms with E-state index in [1.165, 1.54) is 5.56 Å². The fraction of sp³-hybridized carbons (Fsp3) is 0.176. The van der Waals surface area contributed by atoms with E-state index in [2.05, 4.69) is 49.9 Å². The molecule has 0 aliphatic rings. The largest absolute Gasteiger partial charge is 0.362 e. The second-order valence-electron chi connectivity index (χ2n) is 5.15. The van der Waals surface area contributed by atoms with Gasteiger partial charge >= 0.3 is 0 Å². The molecule has 2 aromatic heterocycles. The Hall–Kier alpha value is -3.02. The van der Waals surface area contributed by atoms with Gasteiger partial charge in [-0.05, 0) is 30.2 Å². The van der Waals surface area contributed by atoms with Gasteiger partial charge in [0.1, 0.15) is 0 Å². The lowest BCUT2D eigenvalue weighted by Crippen LogP contribution is -2.11. The average molecular weight is 306 g/mol. The normalized spacial score (nSPS) is 11.7. The van der Waals surface area contributed by atoms with Crippen molar-refractivity contribution in [3.05, 3.63) is 72.2 Å². The Bertz CT molecular complexity index is 732. The quantitative estimate of drug-likeness (QED) is 0.729. The number of nitrogens with zero attached hydrogens (tertiary/aromatic N) is 4. The van der Waals surface area contributed by atoms with Crippen molar-refractivity contribution < 1.29 is 0 Å². The average Bonchev–Trinajstić information content (AvgIpc) is 2.62. The third-order valence-electron chi connectivity index (χ3n) is 3.42. The van der Waals surface area contributed by atoms with Gasteiger partial charge < -0.3 is 10.6 Å². The summed E-state index contributed by atoms with van der Waals surface area (Å²) in [5, 5.41) is 14.5. The van der Waals surface area contributed by atoms with Crippen molar-refractivity contribution in [3.63, 3.8) is 0 Å². The molecule has 3 aromatic rings. The van der Waals surface area contributed by atoms with Gasteiger partial charge in [0, 0.05) is 25.0 Å². The number of pyridine rings is 1. The van der Waals surface area contributed by atoms with E-state index in [1.807, 2.05) is 30.3 Å². The van der Waals surface area contributed by atoms with Crippen LogP contribution in [0.2, 0.25) is 0 Å². The molecule has 1 unspecified atom stereocenters. The van der Waals surface area contributed by atoms with Crippen LogP contribution in [0.5, 0.6) is 0 Å². The Morgan fingerprint density at radius 1 is 1.04 bits per heavy atom. The minimum atomic E-state index is 0.140. The predicted molar refractivity (Wildman–Crippen MR) is 89.9 cm³/mol. The molecule has 0 saturated heterocycles. The van der Waals surface area contributed by atoms with E-state index < -0.39 is 0 Å². The molecule has 0 radical (unpaired) electrons. The lowest BCUT2D eigenvalue weighted by molar-refractivity contribution is 0.857. The molecule has 2 heterocycles. The number of benzene rings is 1. The number of rotatable bonds is 6. The minimum Gasteiger partial charge on any atom is -0.362 e. The second-order valence-corrected chi connectivity index (χ2v) is 5.15. The SMILES string of the molecule is CC(Nc1cnnc(NCc2ccncc2)n1)c1ccccc1. The summed E-state index contributed by atoms with van der Waals surface area (Å²) in [5.74, 6) is 1.18. The monoisotopic (exact) mass is 306 g/mol. The van der Waals surface area contributed by atoms with Gasteiger partial charge in [-0.15, -0.1) is 5.10 Å². The zero-order valence-corrected chi connectivity index (χ0v) is 12.8. The molecule has 0 bridgehead atoms. The predicted octanol–water partition coefficient (Wildman–Crippen LogP) is 3.05. The number of anilines is 2. The van der Waals surface area contributed by atoms with Crippen LogP contribution in [0.15, 0.2) is 61.1 Å². The van der Waals surface area contributed by atoms with Gasteiger partial charge in [-0.25, -0.2) is 0 Å². The molecule has 1 aromatic carbocycles. The highest BCUT2D eigenvalue weighted by Crippen LogP contribution is 2.17. The van der Waals surface area contributed by atoms with Crippen molar-refractivity contribution in [1.29, 1.82) is 0 Å². The summed E-state index contributed by atoms with van der Waals surface area (Å²) in [6.45, 7) is 2.71. The van der Waals surface area contributed by atoms with Crippen LogP contribution in [-0.4, -0.2) is 20.2 Å². The van der Waals surface area contributed by atoms with Gasteiger partial charge in [0.2, 0.25) is 5.95 Å². The van der Waals surface area contributed by atoms with Gasteiger partial charge in [0.25, 0.3) is 0 Å². The van der Waals surface area contributed by atoms with Crippen LogP contribution in [0.25, 0.3) is 0 Å². The van der Waals surface area contributed by atoms with Crippen LogP contribution in [0.1, 0.15) is 24.1 Å². The van der Waals surface area contributed by atoms with Crippen molar-refractivity contribution in [2.75, 3.05) is 10.6 Å². The first-order chi connectivity index (χ1) is 11.3. The summed E-state index contributed by atoms with van der Waals surface area (Å²) in [6, 6.07) is 14.2. The Morgan fingerprint density at radius 2 is 1.83 bits per heavy atom. The Kier molecular flexibility index (Phi) is 4.73. The van der Waals surface area contributed by atoms with E-state index in [-0.39, 0.29) is 6.04 Å². The van der Waals surface area contributed by atoms with E-state index in [0.29, 0.717) is 18.3 Å². The van der Waals surface area contributed by atoms with Crippen molar-refractivity contribution in [2.45, 2.75) is 19.5 Å². The highest BCUT2D eigenvalue weighted by molar-refractivity contribution is 5.40. The summed E-state index contributed by atoms with van der Waals surface area (Å²) in [6.07, 6.45) is 5.14. The van der Waals surface area contributed by atoms with Gasteiger partial charge in [-0.3, -0.25) is 4.98 Å². The molecular formula is C17H18N6. The smallest absolute Gasteiger partial charge is 0.244 e. The molecular weight excluding hydrogens is 288 g/mol. The van der Waals surface area contributed by atoms with E-state index in [0.717, 1.165) is 5.56 Å². The van der Waals surface area contributed by atoms with Gasteiger partial charge in [0.05, 0.1) is 6.20 Å². The minimum absolute atomic E-state index is 0.140. The maximum absolute atomic E-state index is 4.44. The number of hydrogen-bond donors (Lipinski definition) is 2. The van der Waals surface area contributed by atoms with Crippen LogP contribution in [0.3, 0.4) is 0 Å². The zero-order valence-electron chi connectivity index (χ0n) is 12.8. The molecule has 23 heavy (non-hydrogen) atoms. The van der Waals surface area contributed by atoms with E-state index in [4.69, 9.17) is 0 Å². The second kappa shape index (κ2) is 7.31. The first kappa shape index (κ1) is 14.9. The van der Waals surface area contributed by atoms with Crippen LogP contribution < -0.4 is 10.6 Å². The van der Waals surface area contributed by atoms with E-state index in [1.54, 1.807) is 18.6 Å². The standard InChI is InChI=1S/C17H18N6/c1-13(15-5-3-2-4-6-15)21-16-12-20-23-17(22-16)19-11-14-7-9-18-10-8-14/h2-10,12-13H,11H2,1H3,(H2,19,21,22,23). The lowest BCUT2D eigenvalue weighted by atomic mass is 10.1. The summed E-state index contributed by atoms with van der Waals surface area (Å²) >= 11 is 0. The highest BCUT2D eigenvalue weighted by Gasteiger charge is 2.07. The van der Waals surface area contributed by atoms with Crippen molar-refractivity contribution in [1.82, 2.24) is 20.2 Å². The molecule has 0 fully saturated rings. The zero-order chi connectivity index (χ0) is 15.9. The van der Waals surface area contributed by atoms with Crippen molar-refractivity contribution in [3.8, 4) is 0 Å². The molecule has 3 rings (SSSR count). The maximum atomic E-state index is 4.44. The summed E-state index contributed by atoms with van der Waals surface area (Å²) in [5.41, 5.74) is 2.30. The molecule has 0 spiro atoms. The van der Waals surface area contributed by atoms with Crippen LogP contribution in [0.4, 0.5) is 11.8 Å². The van der Waals surface area contributed by atoms with E-state index >= 15 is 0 Å². The van der Waals surface area contributed by atoms with Gasteiger partial charge in [-0.2, -0.15) is 10.1 Å². The molecule has 116 valence electrons. The molecule has 0 amide bonds. The number of hydrogen-bond acceptors (Lipinski definition) is 6. The molecule has 6 heteroatoms. The molecule has 0 aliphatic heterocycles. The van der Waals surface area contributed by atoms with Gasteiger partial charge in [0.15, 0.2) is 5.82 Å². The van der Waals surface area contributed by atoms with Crippen LogP contribution in [0, 0.1) is 0 Å². The molecule has 1 atom stereocenters. The summed E-state index contributed by atoms with van der Waals surface area (Å²) in [4.78, 5) is 8.44. The lowest BCUT2D eigenvalue weighted by Gasteiger charge is -2.15. The Morgan fingerprint density at radius 3 is 2.61 bits per heavy atom. The summed E-state index contributed by atoms with van der Waals surface area (Å²) < 4.78 is 0. The fourth-order valence-corrected chi connectivity index (χ4v) is 2.18. The molecule has 0 aliphatic carbocycles. The first-order valence-corrected chi connectivity index (χ1v) is 7.45. The molecule has 6 nitrogen and oxygen atoms in total. The fourth-order valence-electron chi connectivity index (χ4n) is 2.18. The molecule has 0 saturated carbocycles. The molecule has 2 N–H and O–H groups in total. The number of aromatic nitrogens is 4. The van der Waals surface area contributed by atoms with Crippen LogP contribution >= 0.6 is 0 Å². The topological polar surface area (TPSA) is 75.6 Å². The van der Waals surface area contributed by atoms with Crippen LogP contribution in [-0.2, 0) is 6.54 Å². The third kappa shape index (κ3) is 4.23. The van der Waals surface area contributed by atoms with E-state index in [9.17, 15) is 0 Å². The Labute approximate surface area is 135 Å². The number of nitrogens with one attached hydrogen (secondary N) is 2. The van der Waals surface area contributed by atoms with Crippen molar-refractivity contribution in [2.24, 2.45) is 0 Å². The van der Waals surface area contributed by atoms with Gasteiger partial charge in [-0.1, -0.05) is 30.3 Å². The first-order valence-electron chi connectivity index (χ1n) is 7.45. The van der Waals surface area contributed by atoms with Crippen molar-refractivity contribution >= 4 is 11.8 Å². The highest BCUT2D eigenvalue weighted by atomic mass is 15.3. The Balaban J connectivity index is 1.63. The maximum Gasteiger partial charge on any atom is 0.244 e. The summed E-state index contributed by atoms with van der Waals surface area (Å²) in [7, 11) is 0. The third-order valence-corrected chi connectivity index (χ3v) is 3.42.